The molecular formula is C93H151F2N. The van der Waals surface area contributed by atoms with Crippen LogP contribution in [0, 0.1) is 32.1 Å². The summed E-state index contributed by atoms with van der Waals surface area (Å²) in [7, 11) is 0. The molecule has 0 heterocycles. The number of benzene rings is 5. The van der Waals surface area contributed by atoms with Crippen molar-refractivity contribution in [2.24, 2.45) is 0 Å². The molecule has 542 valence electrons. The zero-order valence-corrected chi connectivity index (χ0v) is 69.0. The Labute approximate surface area is 596 Å². The summed E-state index contributed by atoms with van der Waals surface area (Å²) in [5.41, 5.74) is 17.8. The first-order chi connectivity index (χ1) is 44.9. The normalized spacial score (nSPS) is 12.7. The topological polar surface area (TPSA) is 4.36 Å². The summed E-state index contributed by atoms with van der Waals surface area (Å²) in [6.07, 6.45) is 22.1. The Morgan fingerprint density at radius 1 is 0.250 bits per heavy atom. The van der Waals surface area contributed by atoms with Gasteiger partial charge in [0.25, 0.3) is 0 Å². The maximum absolute atomic E-state index is 14.8. The molecule has 0 aromatic heterocycles. The van der Waals surface area contributed by atoms with Crippen molar-refractivity contribution in [1.82, 2.24) is 0 Å². The lowest BCUT2D eigenvalue weighted by molar-refractivity contribution is 0.405. The molecule has 5 aromatic carbocycles. The molecule has 3 heteroatoms. The molecule has 0 N–H and O–H groups in total. The van der Waals surface area contributed by atoms with Gasteiger partial charge in [-0.2, -0.15) is 0 Å². The number of halogens is 2. The molecule has 5 rings (SSSR count). The summed E-state index contributed by atoms with van der Waals surface area (Å²) in [5, 5.41) is 0. The van der Waals surface area contributed by atoms with Gasteiger partial charge in [0, 0.05) is 0 Å². The Morgan fingerprint density at radius 2 is 0.479 bits per heavy atom. The fourth-order valence-electron chi connectivity index (χ4n) is 14.2. The van der Waals surface area contributed by atoms with Gasteiger partial charge in [0.1, 0.15) is 11.6 Å². The van der Waals surface area contributed by atoms with Crippen LogP contribution in [0.1, 0.15) is 403 Å². The van der Waals surface area contributed by atoms with Crippen LogP contribution in [-0.4, -0.2) is 0 Å². The van der Waals surface area contributed by atoms with Gasteiger partial charge in [-0.1, -0.05) is 292 Å². The number of hydrogen-bond acceptors (Lipinski definition) is 0. The van der Waals surface area contributed by atoms with Crippen molar-refractivity contribution in [3.05, 3.63) is 181 Å². The molecule has 96 heavy (non-hydrogen) atoms. The number of hydrogen-bond donors (Lipinski definition) is 0. The minimum atomic E-state index is -0.0540. The Bertz CT molecular complexity index is 2940. The fourth-order valence-corrected chi connectivity index (χ4v) is 14.2. The van der Waals surface area contributed by atoms with Crippen molar-refractivity contribution in [1.29, 1.82) is 0 Å². The third-order valence-corrected chi connectivity index (χ3v) is 27.8. The molecule has 0 radical (unpaired) electrons. The SMILES string of the molecule is CCC(C)(CC)c1cc(C)c(C(C)(CC)CC)c(F)c1.CCC(C)(CC)c1ccc(C(C)(CC)CC)c(C)c1.CCC(C)(CC)c1ccc(C(C)(CC)CC)c(F)c1.CCC(C)(CC)c1ccc(C(C)(CC)CC)cc1.[C-]#[N+]c1cc(C(C)(CC)CC)ccc1C(C)(CC)CC. The van der Waals surface area contributed by atoms with E-state index < -0.39 is 0 Å². The lowest BCUT2D eigenvalue weighted by atomic mass is 9.72. The Hall–Kier alpha value is -4.55. The molecule has 0 bridgehead atoms. The van der Waals surface area contributed by atoms with Crippen molar-refractivity contribution in [3.63, 3.8) is 0 Å². The van der Waals surface area contributed by atoms with Gasteiger partial charge in [0.2, 0.25) is 0 Å². The van der Waals surface area contributed by atoms with E-state index in [-0.39, 0.29) is 44.1 Å². The second kappa shape index (κ2) is 38.9. The summed E-state index contributed by atoms with van der Waals surface area (Å²) in [5.74, 6) is -0.0452. The third kappa shape index (κ3) is 21.0. The summed E-state index contributed by atoms with van der Waals surface area (Å²) in [4.78, 5) is 3.83. The molecule has 0 aliphatic heterocycles. The van der Waals surface area contributed by atoms with Gasteiger partial charge in [0.15, 0.2) is 5.69 Å². The molecule has 0 aliphatic carbocycles. The first-order valence-corrected chi connectivity index (χ1v) is 39.2. The minimum Gasteiger partial charge on any atom is -0.238 e. The maximum Gasteiger partial charge on any atom is 0.191 e. The van der Waals surface area contributed by atoms with E-state index in [1.165, 1.54) is 90.3 Å². The molecule has 5 aromatic rings. The van der Waals surface area contributed by atoms with Gasteiger partial charge in [-0.25, -0.2) is 13.6 Å². The van der Waals surface area contributed by atoms with E-state index in [9.17, 15) is 8.78 Å². The Morgan fingerprint density at radius 3 is 0.771 bits per heavy atom. The van der Waals surface area contributed by atoms with Crippen LogP contribution in [0.4, 0.5) is 14.5 Å². The van der Waals surface area contributed by atoms with Crippen LogP contribution in [0.15, 0.2) is 91.0 Å². The molecule has 0 aliphatic rings. The van der Waals surface area contributed by atoms with Crippen LogP contribution in [0.2, 0.25) is 0 Å². The van der Waals surface area contributed by atoms with Crippen molar-refractivity contribution >= 4 is 5.69 Å². The van der Waals surface area contributed by atoms with E-state index in [1.807, 2.05) is 6.07 Å². The predicted octanol–water partition coefficient (Wildman–Crippen LogP) is 30.7. The van der Waals surface area contributed by atoms with Gasteiger partial charge in [0.05, 0.1) is 6.57 Å². The molecule has 0 saturated heterocycles. The first-order valence-electron chi connectivity index (χ1n) is 39.2. The van der Waals surface area contributed by atoms with Crippen LogP contribution >= 0.6 is 0 Å². The largest absolute Gasteiger partial charge is 0.238 e. The highest BCUT2D eigenvalue weighted by atomic mass is 19.1. The summed E-state index contributed by atoms with van der Waals surface area (Å²) in [6.45, 7) is 79.4. The van der Waals surface area contributed by atoms with Gasteiger partial charge in [-0.3, -0.25) is 0 Å². The molecule has 1 nitrogen and oxygen atoms in total. The van der Waals surface area contributed by atoms with Crippen molar-refractivity contribution in [2.75, 3.05) is 0 Å². The van der Waals surface area contributed by atoms with Crippen molar-refractivity contribution in [2.45, 2.75) is 404 Å². The molecule has 0 unspecified atom stereocenters. The highest BCUT2D eigenvalue weighted by Crippen LogP contribution is 2.44. The van der Waals surface area contributed by atoms with E-state index >= 15 is 0 Å². The minimum absolute atomic E-state index is 0.0145. The van der Waals surface area contributed by atoms with E-state index in [0.29, 0.717) is 21.7 Å². The van der Waals surface area contributed by atoms with Crippen LogP contribution < -0.4 is 0 Å². The smallest absolute Gasteiger partial charge is 0.191 e. The quantitative estimate of drug-likeness (QED) is 0.0404. The predicted molar refractivity (Wildman–Crippen MR) is 427 cm³/mol. The van der Waals surface area contributed by atoms with Crippen LogP contribution in [-0.2, 0) is 54.1 Å². The zero-order valence-electron chi connectivity index (χ0n) is 69.0. The standard InChI is InChI=1S/C19H31F.C19H29N.C19H32.C18H29F.C18H30/c1-8-18(6,9-2)15-12-14(5)17(16(20)13-15)19(7,10-3)11-4;1-8-18(5,9-2)15-12-13-16(17(14-15)20-7)19(6,10-3)11-4;1-8-18(6,9-2)16-12-13-17(15(5)14-16)19(7,10-3)11-4;1-7-17(5,8-2)14-11-12-15(16(19)13-14)18(6,9-3)10-4;1-7-17(5,8-2)15-11-13-16(14-12-15)18(6,9-3)10-4/h12-13H,8-11H2,1-7H3;12-14H,8-11H2,1-6H3;12-14H,8-11H2,1-7H3;11-13H,7-10H2,1-6H3;11-14H,7-10H2,1-6H3. The molecule has 0 saturated carbocycles. The highest BCUT2D eigenvalue weighted by Gasteiger charge is 2.34. The highest BCUT2D eigenvalue weighted by molar-refractivity contribution is 5.58. The molecule has 0 atom stereocenters. The molecule has 0 spiro atoms. The van der Waals surface area contributed by atoms with E-state index in [0.717, 1.165) is 111 Å². The summed E-state index contributed by atoms with van der Waals surface area (Å²) >= 11 is 0. The zero-order chi connectivity index (χ0) is 74.1. The molecular weight excluding hydrogens is 1170 g/mol. The van der Waals surface area contributed by atoms with Crippen molar-refractivity contribution < 1.29 is 8.78 Å². The van der Waals surface area contributed by atoms with E-state index in [1.54, 1.807) is 12.1 Å². The average Bonchev–Trinajstić information content (AvgIpc) is 0.805. The lowest BCUT2D eigenvalue weighted by Crippen LogP contribution is -2.25. The maximum atomic E-state index is 14.8. The second-order valence-electron chi connectivity index (χ2n) is 32.0. The Kier molecular flexibility index (Phi) is 36.2. The molecule has 0 amide bonds. The van der Waals surface area contributed by atoms with Gasteiger partial charge in [-0.15, -0.1) is 0 Å². The summed E-state index contributed by atoms with van der Waals surface area (Å²) < 4.78 is 29.3. The van der Waals surface area contributed by atoms with Gasteiger partial charge in [-0.05, 0) is 270 Å². The second-order valence-corrected chi connectivity index (χ2v) is 32.0. The average molecular weight is 1320 g/mol. The Balaban J connectivity index is 0.000000600. The number of nitrogens with zero attached hydrogens (tertiary/aromatic N) is 1. The van der Waals surface area contributed by atoms with Gasteiger partial charge < -0.3 is 0 Å². The van der Waals surface area contributed by atoms with Crippen LogP contribution in [0.5, 0.6) is 0 Å². The van der Waals surface area contributed by atoms with Gasteiger partial charge >= 0.3 is 0 Å². The lowest BCUT2D eigenvalue weighted by Gasteiger charge is -2.33. The molecule has 0 fully saturated rings. The van der Waals surface area contributed by atoms with E-state index in [2.05, 4.69) is 299 Å². The van der Waals surface area contributed by atoms with Crippen molar-refractivity contribution in [3.8, 4) is 0 Å². The number of rotatable bonds is 30. The number of aryl methyl sites for hydroxylation is 2. The first kappa shape index (κ1) is 89.5. The fraction of sp³-hybridized carbons (Fsp3) is 0.667. The monoisotopic (exact) mass is 1320 g/mol. The van der Waals surface area contributed by atoms with Crippen LogP contribution in [0.3, 0.4) is 0 Å². The van der Waals surface area contributed by atoms with E-state index in [4.69, 9.17) is 6.57 Å². The van der Waals surface area contributed by atoms with Crippen LogP contribution in [0.25, 0.3) is 4.85 Å². The third-order valence-electron chi connectivity index (χ3n) is 27.8. The summed E-state index contributed by atoms with van der Waals surface area (Å²) in [6, 6.07) is 33.1.